The van der Waals surface area contributed by atoms with Gasteiger partial charge in [-0.15, -0.1) is 0 Å². The second-order valence-corrected chi connectivity index (χ2v) is 12.5. The predicted octanol–water partition coefficient (Wildman–Crippen LogP) is 6.21. The zero-order valence-corrected chi connectivity index (χ0v) is 23.3. The van der Waals surface area contributed by atoms with Crippen molar-refractivity contribution in [2.45, 2.75) is 90.5 Å². The number of phenols is 1. The molecular formula is C33H41NO5. The highest BCUT2D eigenvalue weighted by Crippen LogP contribution is 2.62. The fourth-order valence-corrected chi connectivity index (χ4v) is 8.31. The first-order valence-corrected chi connectivity index (χ1v) is 14.9. The maximum Gasteiger partial charge on any atom is 0.231 e. The van der Waals surface area contributed by atoms with Crippen LogP contribution in [0.4, 0.5) is 0 Å². The largest absolute Gasteiger partial charge is 0.508 e. The average molecular weight is 532 g/mol. The van der Waals surface area contributed by atoms with Crippen LogP contribution < -0.4 is 14.8 Å². The predicted molar refractivity (Wildman–Crippen MR) is 149 cm³/mol. The van der Waals surface area contributed by atoms with Crippen molar-refractivity contribution >= 4 is 11.7 Å². The topological polar surface area (TPSA) is 84.9 Å². The van der Waals surface area contributed by atoms with Crippen molar-refractivity contribution in [1.82, 2.24) is 5.32 Å². The van der Waals surface area contributed by atoms with Gasteiger partial charge in [0.05, 0.1) is 0 Å². The van der Waals surface area contributed by atoms with Crippen molar-refractivity contribution in [1.29, 1.82) is 0 Å². The third-order valence-electron chi connectivity index (χ3n) is 10.2. The molecule has 2 aromatic rings. The monoisotopic (exact) mass is 531 g/mol. The minimum atomic E-state index is -0.228. The molecule has 6 nitrogen and oxygen atoms in total. The van der Waals surface area contributed by atoms with Crippen LogP contribution in [0.15, 0.2) is 30.3 Å². The number of ketones is 1. The third kappa shape index (κ3) is 4.81. The summed E-state index contributed by atoms with van der Waals surface area (Å²) in [6.07, 6.45) is 8.86. The molecule has 2 saturated carbocycles. The van der Waals surface area contributed by atoms with Crippen LogP contribution in [-0.2, 0) is 29.0 Å². The fraction of sp³-hybridized carbons (Fsp3) is 0.576. The van der Waals surface area contributed by atoms with Crippen molar-refractivity contribution in [2.24, 2.45) is 23.2 Å². The van der Waals surface area contributed by atoms with Crippen LogP contribution in [0, 0.1) is 23.2 Å². The molecule has 2 N–H and O–H groups in total. The molecular weight excluding hydrogens is 490 g/mol. The maximum absolute atomic E-state index is 13.4. The molecule has 0 aromatic heterocycles. The van der Waals surface area contributed by atoms with Gasteiger partial charge in [0.2, 0.25) is 12.7 Å². The normalized spacial score (nSPS) is 28.5. The molecule has 1 heterocycles. The minimum Gasteiger partial charge on any atom is -0.508 e. The number of hydrogen-bond donors (Lipinski definition) is 2. The standard InChI is InChI=1S/C33H41NO5/c1-3-5-22-15-26-21(16-27(22)35)9-10-25-24(26)12-13-33(2)30(36)17-23(32(25)33)6-4-7-31(37)34-18-20-8-11-28-29(14-20)39-19-38-28/h8,11,14-16,23-25,32,35H,3-7,9-10,12-13,17-19H2,1-2H3,(H,34,37)/t23-,24?,25?,32?,33-/m1/s1. The van der Waals surface area contributed by atoms with Gasteiger partial charge in [0, 0.05) is 24.8 Å². The zero-order valence-electron chi connectivity index (χ0n) is 23.3. The van der Waals surface area contributed by atoms with Crippen LogP contribution in [0.25, 0.3) is 0 Å². The van der Waals surface area contributed by atoms with E-state index in [2.05, 4.69) is 25.2 Å². The van der Waals surface area contributed by atoms with E-state index in [1.165, 1.54) is 11.1 Å². The van der Waals surface area contributed by atoms with Gasteiger partial charge in [-0.1, -0.05) is 32.4 Å². The molecule has 0 saturated heterocycles. The molecule has 3 aliphatic carbocycles. The summed E-state index contributed by atoms with van der Waals surface area (Å²) in [5.74, 6) is 4.12. The second-order valence-electron chi connectivity index (χ2n) is 12.5. The Hall–Kier alpha value is -3.02. The third-order valence-corrected chi connectivity index (χ3v) is 10.2. The van der Waals surface area contributed by atoms with Gasteiger partial charge >= 0.3 is 0 Å². The number of hydrogen-bond acceptors (Lipinski definition) is 5. The number of carbonyl (C=O) groups excluding carboxylic acids is 2. The summed E-state index contributed by atoms with van der Waals surface area (Å²) in [5, 5.41) is 13.6. The van der Waals surface area contributed by atoms with E-state index in [9.17, 15) is 14.7 Å². The molecule has 6 heteroatoms. The molecule has 0 spiro atoms. The van der Waals surface area contributed by atoms with Crippen LogP contribution in [0.2, 0.25) is 0 Å². The molecule has 1 amide bonds. The number of amides is 1. The molecule has 2 aromatic carbocycles. The van der Waals surface area contributed by atoms with Gasteiger partial charge in [0.25, 0.3) is 0 Å². The van der Waals surface area contributed by atoms with Gasteiger partial charge in [-0.25, -0.2) is 0 Å². The minimum absolute atomic E-state index is 0.0520. The fourth-order valence-electron chi connectivity index (χ4n) is 8.31. The number of fused-ring (bicyclic) bond motifs is 6. The van der Waals surface area contributed by atoms with E-state index in [0.29, 0.717) is 54.6 Å². The zero-order chi connectivity index (χ0) is 27.1. The summed E-state index contributed by atoms with van der Waals surface area (Å²) in [5.41, 5.74) is 4.56. The van der Waals surface area contributed by atoms with Crippen LogP contribution >= 0.6 is 0 Å². The number of carbonyl (C=O) groups is 2. The Balaban J connectivity index is 1.09. The number of nitrogens with one attached hydrogen (secondary N) is 1. The molecule has 2 fully saturated rings. The number of Topliss-reactive ketones (excluding diaryl/α,β-unsaturated/α-hetero) is 1. The SMILES string of the molecule is CCCc1cc2c(cc1O)CCC1C2CC[C@]2(C)C(=O)C[C@@H](CCCC(=O)NCc3ccc4c(c3)OCO4)C12. The molecule has 4 aliphatic rings. The second kappa shape index (κ2) is 10.5. The summed E-state index contributed by atoms with van der Waals surface area (Å²) >= 11 is 0. The Morgan fingerprint density at radius 1 is 1.15 bits per heavy atom. The van der Waals surface area contributed by atoms with E-state index < -0.39 is 0 Å². The molecule has 39 heavy (non-hydrogen) atoms. The van der Waals surface area contributed by atoms with Crippen LogP contribution in [0.5, 0.6) is 17.2 Å². The Bertz CT molecular complexity index is 1270. The molecule has 0 radical (unpaired) electrons. The van der Waals surface area contributed by atoms with Crippen molar-refractivity contribution in [3.8, 4) is 17.2 Å². The van der Waals surface area contributed by atoms with E-state index in [1.54, 1.807) is 0 Å². The molecule has 208 valence electrons. The summed E-state index contributed by atoms with van der Waals surface area (Å²) < 4.78 is 10.8. The van der Waals surface area contributed by atoms with Gasteiger partial charge in [0.1, 0.15) is 11.5 Å². The number of phenolic OH excluding ortho intramolecular Hbond substituents is 1. The number of aryl methyl sites for hydroxylation is 2. The van der Waals surface area contributed by atoms with E-state index in [1.807, 2.05) is 24.3 Å². The van der Waals surface area contributed by atoms with Crippen molar-refractivity contribution in [2.75, 3.05) is 6.79 Å². The maximum atomic E-state index is 13.4. The van der Waals surface area contributed by atoms with Crippen molar-refractivity contribution in [3.05, 3.63) is 52.6 Å². The van der Waals surface area contributed by atoms with Crippen molar-refractivity contribution < 1.29 is 24.2 Å². The lowest BCUT2D eigenvalue weighted by molar-refractivity contribution is -0.129. The number of rotatable bonds is 8. The van der Waals surface area contributed by atoms with Crippen molar-refractivity contribution in [3.63, 3.8) is 0 Å². The highest BCUT2D eigenvalue weighted by Gasteiger charge is 2.58. The van der Waals surface area contributed by atoms with Gasteiger partial charge in [-0.2, -0.15) is 0 Å². The Labute approximate surface area is 231 Å². The van der Waals surface area contributed by atoms with E-state index in [0.717, 1.165) is 74.0 Å². The summed E-state index contributed by atoms with van der Waals surface area (Å²) in [6, 6.07) is 10.1. The number of benzene rings is 2. The Kier molecular flexibility index (Phi) is 7.07. The lowest BCUT2D eigenvalue weighted by atomic mass is 9.54. The first kappa shape index (κ1) is 26.2. The van der Waals surface area contributed by atoms with Gasteiger partial charge in [-0.3, -0.25) is 9.59 Å². The van der Waals surface area contributed by atoms with Gasteiger partial charge in [0.15, 0.2) is 11.5 Å². The lowest BCUT2D eigenvalue weighted by Gasteiger charge is -2.50. The van der Waals surface area contributed by atoms with Gasteiger partial charge in [-0.05, 0) is 109 Å². The molecule has 6 rings (SSSR count). The van der Waals surface area contributed by atoms with E-state index >= 15 is 0 Å². The Morgan fingerprint density at radius 3 is 2.85 bits per heavy atom. The Morgan fingerprint density at radius 2 is 2.00 bits per heavy atom. The highest BCUT2D eigenvalue weighted by molar-refractivity contribution is 5.87. The van der Waals surface area contributed by atoms with E-state index in [4.69, 9.17) is 9.47 Å². The molecule has 3 unspecified atom stereocenters. The molecule has 1 aliphatic heterocycles. The summed E-state index contributed by atoms with van der Waals surface area (Å²) in [7, 11) is 0. The van der Waals surface area contributed by atoms with Crippen LogP contribution in [-0.4, -0.2) is 23.6 Å². The number of ether oxygens (including phenoxy) is 2. The smallest absolute Gasteiger partial charge is 0.231 e. The quantitative estimate of drug-likeness (QED) is 0.423. The molecule has 0 bridgehead atoms. The summed E-state index contributed by atoms with van der Waals surface area (Å²) in [4.78, 5) is 26.0. The first-order valence-electron chi connectivity index (χ1n) is 14.9. The van der Waals surface area contributed by atoms with Crippen LogP contribution in [0.1, 0.15) is 93.4 Å². The van der Waals surface area contributed by atoms with Crippen LogP contribution in [0.3, 0.4) is 0 Å². The highest BCUT2D eigenvalue weighted by atomic mass is 16.7. The summed E-state index contributed by atoms with van der Waals surface area (Å²) in [6.45, 7) is 5.09. The number of aromatic hydroxyl groups is 1. The van der Waals surface area contributed by atoms with Gasteiger partial charge < -0.3 is 19.9 Å². The lowest BCUT2D eigenvalue weighted by Crippen LogP contribution is -2.44. The molecule has 5 atom stereocenters. The average Bonchev–Trinajstić information content (AvgIpc) is 3.49. The van der Waals surface area contributed by atoms with E-state index in [-0.39, 0.29) is 18.1 Å². The first-order chi connectivity index (χ1) is 18.9.